The summed E-state index contributed by atoms with van der Waals surface area (Å²) in [5, 5.41) is 6.07. The summed E-state index contributed by atoms with van der Waals surface area (Å²) in [7, 11) is 0. The number of anilines is 2. The van der Waals surface area contributed by atoms with Crippen LogP contribution in [0.1, 0.15) is 41.8 Å². The third-order valence-corrected chi connectivity index (χ3v) is 5.41. The zero-order chi connectivity index (χ0) is 21.3. The van der Waals surface area contributed by atoms with Crippen LogP contribution in [0.5, 0.6) is 0 Å². The second-order valence-electron chi connectivity index (χ2n) is 7.51. The molecule has 156 valence electrons. The number of rotatable bonds is 5. The highest BCUT2D eigenvalue weighted by molar-refractivity contribution is 6.22. The minimum absolute atomic E-state index is 0.146. The molecule has 2 atom stereocenters. The Hall–Kier alpha value is -3.49. The number of aromatic nitrogens is 1. The van der Waals surface area contributed by atoms with Gasteiger partial charge >= 0.3 is 5.97 Å². The van der Waals surface area contributed by atoms with Crippen LogP contribution >= 0.6 is 0 Å². The van der Waals surface area contributed by atoms with E-state index in [0.29, 0.717) is 24.3 Å². The highest BCUT2D eigenvalue weighted by atomic mass is 16.5. The standard InChI is InChI=1S/C21H21N3O6/c1-12-9-17(23-30-12)22-18(25)11-29-21(28)13-5-4-6-14(10-13)24-19(26)15-7-2-3-8-16(15)20(24)27/h4-6,9-10,15-16H,2-3,7-8,11H2,1H3,(H,22,23,25)/t15-,16-/m1/s1. The van der Waals surface area contributed by atoms with E-state index in [9.17, 15) is 19.2 Å². The van der Waals surface area contributed by atoms with Gasteiger partial charge in [0.15, 0.2) is 12.4 Å². The van der Waals surface area contributed by atoms with Gasteiger partial charge in [-0.1, -0.05) is 24.1 Å². The summed E-state index contributed by atoms with van der Waals surface area (Å²) in [5.74, 6) is -1.51. The molecule has 2 aromatic rings. The highest BCUT2D eigenvalue weighted by Crippen LogP contribution is 2.40. The molecule has 9 nitrogen and oxygen atoms in total. The minimum atomic E-state index is -0.736. The predicted molar refractivity (Wildman–Crippen MR) is 105 cm³/mol. The number of hydrogen-bond acceptors (Lipinski definition) is 7. The number of esters is 1. The number of ether oxygens (including phenoxy) is 1. The van der Waals surface area contributed by atoms with E-state index in [2.05, 4.69) is 10.5 Å². The summed E-state index contributed by atoms with van der Waals surface area (Å²) < 4.78 is 9.88. The van der Waals surface area contributed by atoms with Gasteiger partial charge in [0.05, 0.1) is 23.1 Å². The van der Waals surface area contributed by atoms with Crippen LogP contribution in [-0.2, 0) is 19.1 Å². The molecule has 0 radical (unpaired) electrons. The van der Waals surface area contributed by atoms with Crippen molar-refractivity contribution < 1.29 is 28.4 Å². The molecule has 1 aliphatic heterocycles. The van der Waals surface area contributed by atoms with Gasteiger partial charge in [-0.15, -0.1) is 0 Å². The Kier molecular flexibility index (Phi) is 5.35. The molecule has 1 N–H and O–H groups in total. The van der Waals surface area contributed by atoms with E-state index in [1.807, 2.05) is 0 Å². The molecule has 2 aliphatic rings. The molecule has 1 saturated heterocycles. The van der Waals surface area contributed by atoms with Gasteiger partial charge in [0.1, 0.15) is 5.76 Å². The van der Waals surface area contributed by atoms with Crippen molar-refractivity contribution in [3.63, 3.8) is 0 Å². The molecule has 1 aliphatic carbocycles. The molecule has 0 unspecified atom stereocenters. The molecule has 2 fully saturated rings. The average molecular weight is 411 g/mol. The van der Waals surface area contributed by atoms with Gasteiger partial charge < -0.3 is 14.6 Å². The van der Waals surface area contributed by atoms with E-state index in [4.69, 9.17) is 9.26 Å². The first kappa shape index (κ1) is 19.8. The molecule has 4 rings (SSSR count). The van der Waals surface area contributed by atoms with Crippen molar-refractivity contribution in [1.29, 1.82) is 0 Å². The van der Waals surface area contributed by atoms with E-state index in [1.54, 1.807) is 19.1 Å². The average Bonchev–Trinajstić information content (AvgIpc) is 3.27. The van der Waals surface area contributed by atoms with Crippen LogP contribution < -0.4 is 10.2 Å². The van der Waals surface area contributed by atoms with Gasteiger partial charge in [-0.05, 0) is 38.0 Å². The van der Waals surface area contributed by atoms with Gasteiger partial charge in [-0.2, -0.15) is 0 Å². The number of aryl methyl sites for hydroxylation is 1. The van der Waals surface area contributed by atoms with Gasteiger partial charge in [0, 0.05) is 6.07 Å². The maximum absolute atomic E-state index is 12.7. The van der Waals surface area contributed by atoms with Crippen molar-refractivity contribution in [1.82, 2.24) is 5.16 Å². The summed E-state index contributed by atoms with van der Waals surface area (Å²) >= 11 is 0. The van der Waals surface area contributed by atoms with Crippen molar-refractivity contribution in [2.24, 2.45) is 11.8 Å². The Balaban J connectivity index is 1.41. The lowest BCUT2D eigenvalue weighted by Gasteiger charge is -2.19. The topological polar surface area (TPSA) is 119 Å². The van der Waals surface area contributed by atoms with E-state index < -0.39 is 18.5 Å². The number of fused-ring (bicyclic) bond motifs is 1. The number of carbonyl (C=O) groups is 4. The van der Waals surface area contributed by atoms with Crippen molar-refractivity contribution in [2.45, 2.75) is 32.6 Å². The van der Waals surface area contributed by atoms with Crippen LogP contribution in [0.25, 0.3) is 0 Å². The fourth-order valence-electron chi connectivity index (χ4n) is 4.01. The zero-order valence-electron chi connectivity index (χ0n) is 16.4. The lowest BCUT2D eigenvalue weighted by atomic mass is 9.81. The number of amides is 3. The summed E-state index contributed by atoms with van der Waals surface area (Å²) in [5.41, 5.74) is 0.490. The quantitative estimate of drug-likeness (QED) is 0.593. The van der Waals surface area contributed by atoms with Crippen LogP contribution in [0.2, 0.25) is 0 Å². The molecule has 1 saturated carbocycles. The van der Waals surface area contributed by atoms with E-state index in [-0.39, 0.29) is 35.0 Å². The first-order valence-corrected chi connectivity index (χ1v) is 9.82. The molecule has 0 bridgehead atoms. The number of nitrogens with one attached hydrogen (secondary N) is 1. The third kappa shape index (κ3) is 3.83. The van der Waals surface area contributed by atoms with Gasteiger partial charge in [0.2, 0.25) is 11.8 Å². The molecular formula is C21H21N3O6. The molecule has 1 aromatic carbocycles. The van der Waals surface area contributed by atoms with Crippen LogP contribution in [0.4, 0.5) is 11.5 Å². The number of carbonyl (C=O) groups excluding carboxylic acids is 4. The van der Waals surface area contributed by atoms with Gasteiger partial charge in [0.25, 0.3) is 5.91 Å². The maximum Gasteiger partial charge on any atom is 0.338 e. The minimum Gasteiger partial charge on any atom is -0.452 e. The molecule has 1 aromatic heterocycles. The normalized spacial score (nSPS) is 20.8. The van der Waals surface area contributed by atoms with E-state index >= 15 is 0 Å². The van der Waals surface area contributed by atoms with Crippen molar-refractivity contribution in [3.05, 3.63) is 41.7 Å². The Morgan fingerprint density at radius 2 is 1.87 bits per heavy atom. The van der Waals surface area contributed by atoms with Crippen molar-refractivity contribution in [3.8, 4) is 0 Å². The Bertz CT molecular complexity index is 990. The summed E-state index contributed by atoms with van der Waals surface area (Å²) in [4.78, 5) is 50.9. The second-order valence-corrected chi connectivity index (χ2v) is 7.51. The summed E-state index contributed by atoms with van der Waals surface area (Å²) in [6.07, 6.45) is 3.31. The summed E-state index contributed by atoms with van der Waals surface area (Å²) in [6, 6.07) is 7.66. The molecule has 30 heavy (non-hydrogen) atoms. The summed E-state index contributed by atoms with van der Waals surface area (Å²) in [6.45, 7) is 1.17. The van der Waals surface area contributed by atoms with Crippen LogP contribution in [-0.4, -0.2) is 35.5 Å². The molecule has 2 heterocycles. The fraction of sp³-hybridized carbons (Fsp3) is 0.381. The molecular weight excluding hydrogens is 390 g/mol. The van der Waals surface area contributed by atoms with Gasteiger partial charge in [-0.3, -0.25) is 19.3 Å². The van der Waals surface area contributed by atoms with E-state index in [1.165, 1.54) is 23.1 Å². The van der Waals surface area contributed by atoms with Gasteiger partial charge in [-0.25, -0.2) is 4.79 Å². The first-order valence-electron chi connectivity index (χ1n) is 9.82. The lowest BCUT2D eigenvalue weighted by Crippen LogP contribution is -2.31. The first-order chi connectivity index (χ1) is 14.4. The fourth-order valence-corrected chi connectivity index (χ4v) is 4.01. The van der Waals surface area contributed by atoms with E-state index in [0.717, 1.165) is 12.8 Å². The number of hydrogen-bond donors (Lipinski definition) is 1. The van der Waals surface area contributed by atoms with Crippen molar-refractivity contribution in [2.75, 3.05) is 16.8 Å². The third-order valence-electron chi connectivity index (χ3n) is 5.41. The molecule has 3 amide bonds. The number of nitrogens with zero attached hydrogens (tertiary/aromatic N) is 2. The zero-order valence-corrected chi connectivity index (χ0v) is 16.4. The number of benzene rings is 1. The molecule has 0 spiro atoms. The maximum atomic E-state index is 12.7. The Morgan fingerprint density at radius 1 is 1.17 bits per heavy atom. The Labute approximate surface area is 172 Å². The molecule has 9 heteroatoms. The highest BCUT2D eigenvalue weighted by Gasteiger charge is 2.48. The number of imide groups is 1. The van der Waals surface area contributed by atoms with Crippen LogP contribution in [0.3, 0.4) is 0 Å². The second kappa shape index (κ2) is 8.10. The van der Waals surface area contributed by atoms with Crippen LogP contribution in [0, 0.1) is 18.8 Å². The Morgan fingerprint density at radius 3 is 2.50 bits per heavy atom. The van der Waals surface area contributed by atoms with Crippen LogP contribution in [0.15, 0.2) is 34.9 Å². The monoisotopic (exact) mass is 411 g/mol. The SMILES string of the molecule is Cc1cc(NC(=O)COC(=O)c2cccc(N3C(=O)[C@@H]4CCCC[C@H]4C3=O)c2)no1. The lowest BCUT2D eigenvalue weighted by molar-refractivity contribution is -0.122. The van der Waals surface area contributed by atoms with Crippen molar-refractivity contribution >= 4 is 35.2 Å². The largest absolute Gasteiger partial charge is 0.452 e. The smallest absolute Gasteiger partial charge is 0.338 e. The predicted octanol–water partition coefficient (Wildman–Crippen LogP) is 2.46.